The molecular formula is C24H24N2O4S. The van der Waals surface area contributed by atoms with Crippen molar-refractivity contribution in [2.45, 2.75) is 38.1 Å². The van der Waals surface area contributed by atoms with E-state index >= 15 is 0 Å². The second-order valence-electron chi connectivity index (χ2n) is 7.78. The van der Waals surface area contributed by atoms with E-state index in [0.717, 1.165) is 53.6 Å². The number of amidine groups is 1. The second kappa shape index (κ2) is 8.67. The van der Waals surface area contributed by atoms with E-state index in [0.29, 0.717) is 10.7 Å². The number of nitrogens with zero attached hydrogens (tertiary/aromatic N) is 2. The van der Waals surface area contributed by atoms with Crippen LogP contribution in [0, 0.1) is 0 Å². The van der Waals surface area contributed by atoms with Gasteiger partial charge in [0.25, 0.3) is 5.91 Å². The van der Waals surface area contributed by atoms with Crippen molar-refractivity contribution in [2.75, 3.05) is 13.9 Å². The summed E-state index contributed by atoms with van der Waals surface area (Å²) in [6.07, 6.45) is 7.49. The molecule has 6 nitrogen and oxygen atoms in total. The summed E-state index contributed by atoms with van der Waals surface area (Å²) < 4.78 is 16.1. The summed E-state index contributed by atoms with van der Waals surface area (Å²) in [4.78, 5) is 20.8. The zero-order valence-corrected chi connectivity index (χ0v) is 18.2. The Morgan fingerprint density at radius 3 is 2.61 bits per heavy atom. The summed E-state index contributed by atoms with van der Waals surface area (Å²) in [5, 5.41) is 0.745. The van der Waals surface area contributed by atoms with Crippen LogP contribution in [0.1, 0.15) is 37.7 Å². The molecule has 5 rings (SSSR count). The first kappa shape index (κ1) is 20.0. The number of rotatable bonds is 4. The Hall–Kier alpha value is -2.93. The highest BCUT2D eigenvalue weighted by atomic mass is 32.2. The zero-order valence-electron chi connectivity index (χ0n) is 17.4. The summed E-state index contributed by atoms with van der Waals surface area (Å²) >= 11 is 1.44. The van der Waals surface area contributed by atoms with Crippen LogP contribution in [0.3, 0.4) is 0 Å². The zero-order chi connectivity index (χ0) is 21.2. The molecule has 0 N–H and O–H groups in total. The van der Waals surface area contributed by atoms with Crippen molar-refractivity contribution in [1.82, 2.24) is 4.90 Å². The molecule has 1 saturated carbocycles. The van der Waals surface area contributed by atoms with Gasteiger partial charge < -0.3 is 14.2 Å². The minimum Gasteiger partial charge on any atom is -0.497 e. The number of thioether (sulfide) groups is 1. The average Bonchev–Trinajstić information content (AvgIpc) is 3.39. The van der Waals surface area contributed by atoms with Crippen LogP contribution in [0.25, 0.3) is 6.08 Å². The van der Waals surface area contributed by atoms with E-state index in [-0.39, 0.29) is 18.7 Å². The minimum absolute atomic E-state index is 0.0295. The number of fused-ring (bicyclic) bond motifs is 1. The number of amides is 1. The molecule has 7 heteroatoms. The van der Waals surface area contributed by atoms with E-state index in [1.807, 2.05) is 53.4 Å². The van der Waals surface area contributed by atoms with Crippen molar-refractivity contribution in [3.8, 4) is 17.2 Å². The topological polar surface area (TPSA) is 60.4 Å². The molecule has 3 aliphatic rings. The van der Waals surface area contributed by atoms with E-state index in [9.17, 15) is 4.79 Å². The van der Waals surface area contributed by atoms with Gasteiger partial charge in [0.15, 0.2) is 16.7 Å². The number of carbonyl (C=O) groups excluding carboxylic acids is 1. The Bertz CT molecular complexity index is 1040. The number of hydrogen-bond donors (Lipinski definition) is 0. The van der Waals surface area contributed by atoms with Gasteiger partial charge in [-0.2, -0.15) is 0 Å². The van der Waals surface area contributed by atoms with Gasteiger partial charge in [0.2, 0.25) is 6.79 Å². The van der Waals surface area contributed by atoms with Gasteiger partial charge in [-0.3, -0.25) is 9.69 Å². The highest BCUT2D eigenvalue weighted by molar-refractivity contribution is 8.18. The molecule has 2 aromatic rings. The molecule has 0 aromatic heterocycles. The molecule has 0 spiro atoms. The highest BCUT2D eigenvalue weighted by Gasteiger charge is 2.38. The Morgan fingerprint density at radius 2 is 1.84 bits per heavy atom. The van der Waals surface area contributed by atoms with Crippen molar-refractivity contribution in [3.63, 3.8) is 0 Å². The fourth-order valence-electron chi connectivity index (χ4n) is 4.15. The van der Waals surface area contributed by atoms with Crippen molar-refractivity contribution in [3.05, 3.63) is 52.9 Å². The summed E-state index contributed by atoms with van der Waals surface area (Å²) in [6.45, 7) is 0.233. The molecule has 0 radical (unpaired) electrons. The maximum absolute atomic E-state index is 13.4. The second-order valence-corrected chi connectivity index (χ2v) is 8.79. The Kier molecular flexibility index (Phi) is 5.59. The lowest BCUT2D eigenvalue weighted by Gasteiger charge is -2.30. The van der Waals surface area contributed by atoms with Gasteiger partial charge in [-0.15, -0.1) is 0 Å². The van der Waals surface area contributed by atoms with Crippen molar-refractivity contribution >= 4 is 34.6 Å². The molecule has 2 fully saturated rings. The lowest BCUT2D eigenvalue weighted by molar-refractivity contribution is -0.124. The molecule has 1 aliphatic carbocycles. The minimum atomic E-state index is 0.0295. The third-order valence-electron chi connectivity index (χ3n) is 5.77. The number of carbonyl (C=O) groups is 1. The highest BCUT2D eigenvalue weighted by Crippen LogP contribution is 2.40. The number of ether oxygens (including phenoxy) is 3. The summed E-state index contributed by atoms with van der Waals surface area (Å²) in [5.41, 5.74) is 1.72. The fraction of sp³-hybridized carbons (Fsp3) is 0.333. The van der Waals surface area contributed by atoms with E-state index in [1.54, 1.807) is 7.11 Å². The molecule has 31 heavy (non-hydrogen) atoms. The smallest absolute Gasteiger partial charge is 0.267 e. The van der Waals surface area contributed by atoms with Crippen molar-refractivity contribution in [1.29, 1.82) is 0 Å². The van der Waals surface area contributed by atoms with Crippen LogP contribution < -0.4 is 14.2 Å². The lowest BCUT2D eigenvalue weighted by Crippen LogP contribution is -2.40. The first-order valence-corrected chi connectivity index (χ1v) is 11.4. The van der Waals surface area contributed by atoms with Crippen LogP contribution >= 0.6 is 11.8 Å². The van der Waals surface area contributed by atoms with E-state index in [4.69, 9.17) is 19.2 Å². The van der Waals surface area contributed by atoms with Crippen LogP contribution in [0.5, 0.6) is 17.2 Å². The maximum atomic E-state index is 13.4. The molecule has 160 valence electrons. The van der Waals surface area contributed by atoms with Gasteiger partial charge in [-0.1, -0.05) is 25.3 Å². The summed E-state index contributed by atoms with van der Waals surface area (Å²) in [5.74, 6) is 2.26. The fourth-order valence-corrected chi connectivity index (χ4v) is 5.21. The maximum Gasteiger partial charge on any atom is 0.267 e. The van der Waals surface area contributed by atoms with E-state index in [2.05, 4.69) is 0 Å². The normalized spacial score (nSPS) is 21.3. The Balaban J connectivity index is 1.47. The molecular weight excluding hydrogens is 412 g/mol. The Labute approximate surface area is 185 Å². The monoisotopic (exact) mass is 436 g/mol. The standard InChI is InChI=1S/C24H24N2O4S/c1-28-19-10-8-17(9-11-19)25-24-26(18-5-3-2-4-6-18)23(27)22(31-24)14-16-7-12-20-21(13-16)30-15-29-20/h7-14,18H,2-6,15H2,1H3/b22-14+,25-24?. The SMILES string of the molecule is COc1ccc(N=C2S/C(=C/c3ccc4c(c3)OCO4)C(=O)N2C2CCCCC2)cc1. The van der Waals surface area contributed by atoms with Crippen LogP contribution in [0.2, 0.25) is 0 Å². The van der Waals surface area contributed by atoms with Crippen LogP contribution in [0.4, 0.5) is 5.69 Å². The van der Waals surface area contributed by atoms with E-state index in [1.165, 1.54) is 18.2 Å². The van der Waals surface area contributed by atoms with Gasteiger partial charge in [0.05, 0.1) is 17.7 Å². The van der Waals surface area contributed by atoms with Crippen molar-refractivity contribution in [2.24, 2.45) is 4.99 Å². The van der Waals surface area contributed by atoms with Crippen LogP contribution in [0.15, 0.2) is 52.4 Å². The quantitative estimate of drug-likeness (QED) is 0.604. The first-order chi connectivity index (χ1) is 15.2. The summed E-state index contributed by atoms with van der Waals surface area (Å²) in [7, 11) is 1.64. The Morgan fingerprint density at radius 1 is 1.06 bits per heavy atom. The first-order valence-electron chi connectivity index (χ1n) is 10.6. The molecule has 1 amide bonds. The summed E-state index contributed by atoms with van der Waals surface area (Å²) in [6, 6.07) is 13.5. The van der Waals surface area contributed by atoms with E-state index < -0.39 is 0 Å². The van der Waals surface area contributed by atoms with Gasteiger partial charge in [-0.05, 0) is 72.6 Å². The number of methoxy groups -OCH3 is 1. The predicted molar refractivity (Wildman–Crippen MR) is 122 cm³/mol. The molecule has 2 heterocycles. The van der Waals surface area contributed by atoms with Gasteiger partial charge >= 0.3 is 0 Å². The number of hydrogen-bond acceptors (Lipinski definition) is 6. The number of aliphatic imine (C=N–C) groups is 1. The average molecular weight is 437 g/mol. The van der Waals surface area contributed by atoms with Crippen LogP contribution in [-0.2, 0) is 4.79 Å². The molecule has 0 unspecified atom stereocenters. The van der Waals surface area contributed by atoms with Crippen molar-refractivity contribution < 1.29 is 19.0 Å². The van der Waals surface area contributed by atoms with Gasteiger partial charge in [-0.25, -0.2) is 4.99 Å². The third-order valence-corrected chi connectivity index (χ3v) is 6.75. The molecule has 0 atom stereocenters. The van der Waals surface area contributed by atoms with Crippen LogP contribution in [-0.4, -0.2) is 35.9 Å². The van der Waals surface area contributed by atoms with Gasteiger partial charge in [0, 0.05) is 6.04 Å². The molecule has 2 aromatic carbocycles. The molecule has 1 saturated heterocycles. The molecule has 2 aliphatic heterocycles. The van der Waals surface area contributed by atoms with Gasteiger partial charge in [0.1, 0.15) is 5.75 Å². The molecule has 0 bridgehead atoms. The lowest BCUT2D eigenvalue weighted by atomic mass is 9.94. The largest absolute Gasteiger partial charge is 0.497 e. The third kappa shape index (κ3) is 4.14. The predicted octanol–water partition coefficient (Wildman–Crippen LogP) is 5.36. The number of benzene rings is 2.